The Kier molecular flexibility index (Phi) is 5.60. The van der Waals surface area contributed by atoms with E-state index in [1.165, 1.54) is 0 Å². The summed E-state index contributed by atoms with van der Waals surface area (Å²) in [6, 6.07) is 0. The normalized spacial score (nSPS) is 18.3. The summed E-state index contributed by atoms with van der Waals surface area (Å²) in [5.41, 5.74) is -5.40. The molecule has 0 unspecified atom stereocenters. The maximum absolute atomic E-state index is 11.9. The van der Waals surface area contributed by atoms with E-state index in [0.717, 1.165) is 19.3 Å². The molecule has 0 saturated heterocycles. The van der Waals surface area contributed by atoms with Crippen molar-refractivity contribution in [3.05, 3.63) is 4.72 Å². The fraction of sp³-hybridized carbons (Fsp3) is 0.900. The van der Waals surface area contributed by atoms with Gasteiger partial charge in [-0.1, -0.05) is 19.3 Å². The zero-order valence-electron chi connectivity index (χ0n) is 10.1. The van der Waals surface area contributed by atoms with E-state index in [1.54, 1.807) is 0 Å². The van der Waals surface area contributed by atoms with Gasteiger partial charge in [0.05, 0.1) is 12.5 Å². The molecule has 1 aliphatic carbocycles. The van der Waals surface area contributed by atoms with Crippen LogP contribution in [0.4, 0.5) is 13.2 Å². The molecule has 1 aliphatic rings. The van der Waals surface area contributed by atoms with Gasteiger partial charge in [0.2, 0.25) is 0 Å². The highest BCUT2D eigenvalue weighted by atomic mass is 32.2. The molecular weight excluding hydrogens is 287 g/mol. The van der Waals surface area contributed by atoms with E-state index in [4.69, 9.17) is 4.74 Å². The molecule has 0 N–H and O–H groups in total. The molecule has 9 heteroatoms. The van der Waals surface area contributed by atoms with Gasteiger partial charge in [0.1, 0.15) is 0 Å². The van der Waals surface area contributed by atoms with Crippen LogP contribution in [-0.2, 0) is 19.6 Å². The Labute approximate surface area is 109 Å². The van der Waals surface area contributed by atoms with Gasteiger partial charge in [-0.05, 0) is 12.8 Å². The molecular formula is C10H15F3NO4S-. The van der Waals surface area contributed by atoms with Gasteiger partial charge >= 0.3 is 11.5 Å². The molecule has 0 aromatic rings. The van der Waals surface area contributed by atoms with Crippen LogP contribution in [0.15, 0.2) is 0 Å². The number of nitrogens with zero attached hydrogens (tertiary/aromatic N) is 1. The largest absolute Gasteiger partial charge is 0.538 e. The predicted molar refractivity (Wildman–Crippen MR) is 60.7 cm³/mol. The number of carbonyl (C=O) groups excluding carboxylic acids is 1. The number of rotatable bonds is 5. The Morgan fingerprint density at radius 3 is 2.32 bits per heavy atom. The highest BCUT2D eigenvalue weighted by molar-refractivity contribution is 7.94. The van der Waals surface area contributed by atoms with E-state index in [0.29, 0.717) is 12.8 Å². The fourth-order valence-electron chi connectivity index (χ4n) is 1.83. The van der Waals surface area contributed by atoms with E-state index in [9.17, 15) is 26.4 Å². The van der Waals surface area contributed by atoms with Gasteiger partial charge in [-0.25, -0.2) is 8.42 Å². The Hall–Kier alpha value is -0.830. The number of ether oxygens (including phenoxy) is 1. The van der Waals surface area contributed by atoms with E-state index in [1.807, 2.05) is 0 Å². The molecule has 0 bridgehead atoms. The topological polar surface area (TPSA) is 74.5 Å². The van der Waals surface area contributed by atoms with Crippen molar-refractivity contribution < 1.29 is 31.1 Å². The molecule has 1 fully saturated rings. The van der Waals surface area contributed by atoms with Crippen LogP contribution in [0.3, 0.4) is 0 Å². The second-order valence-corrected chi connectivity index (χ2v) is 5.95. The molecule has 0 spiro atoms. The van der Waals surface area contributed by atoms with E-state index < -0.39 is 34.7 Å². The van der Waals surface area contributed by atoms with Gasteiger partial charge in [0, 0.05) is 0 Å². The first-order valence-electron chi connectivity index (χ1n) is 5.91. The standard InChI is InChI=1S/C10H15F3NO4S/c11-10(12,13)19(16,17)14-6-7-18-9(15)8-4-2-1-3-5-8/h8H,1-7H2/q-1. The number of halogens is 3. The predicted octanol–water partition coefficient (Wildman–Crippen LogP) is 2.33. The molecule has 112 valence electrons. The van der Waals surface area contributed by atoms with Crippen molar-refractivity contribution in [2.24, 2.45) is 5.92 Å². The summed E-state index contributed by atoms with van der Waals surface area (Å²) in [5, 5.41) is 0. The quantitative estimate of drug-likeness (QED) is 0.577. The molecule has 1 rings (SSSR count). The first-order chi connectivity index (χ1) is 8.74. The second-order valence-electron chi connectivity index (χ2n) is 4.28. The second kappa shape index (κ2) is 6.56. The van der Waals surface area contributed by atoms with Crippen molar-refractivity contribution >= 4 is 16.0 Å². The lowest BCUT2D eigenvalue weighted by Gasteiger charge is -2.23. The molecule has 1 saturated carbocycles. The number of hydrogen-bond donors (Lipinski definition) is 0. The minimum absolute atomic E-state index is 0.229. The minimum Gasteiger partial charge on any atom is -0.538 e. The van der Waals surface area contributed by atoms with E-state index >= 15 is 0 Å². The third-order valence-corrected chi connectivity index (χ3v) is 3.94. The van der Waals surface area contributed by atoms with Gasteiger partial charge in [-0.3, -0.25) is 4.79 Å². The van der Waals surface area contributed by atoms with Crippen molar-refractivity contribution in [1.29, 1.82) is 0 Å². The van der Waals surface area contributed by atoms with Crippen LogP contribution < -0.4 is 0 Å². The number of carbonyl (C=O) groups is 1. The lowest BCUT2D eigenvalue weighted by molar-refractivity contribution is -0.149. The molecule has 19 heavy (non-hydrogen) atoms. The molecule has 0 aromatic carbocycles. The maximum atomic E-state index is 11.9. The Balaban J connectivity index is 2.25. The molecule has 0 amide bonds. The lowest BCUT2D eigenvalue weighted by atomic mass is 9.89. The Morgan fingerprint density at radius 1 is 1.21 bits per heavy atom. The lowest BCUT2D eigenvalue weighted by Crippen LogP contribution is -2.25. The summed E-state index contributed by atoms with van der Waals surface area (Å²) in [6.07, 6.45) is 4.32. The minimum atomic E-state index is -5.49. The molecule has 0 atom stereocenters. The fourth-order valence-corrected chi connectivity index (χ4v) is 2.29. The smallest absolute Gasteiger partial charge is 0.480 e. The van der Waals surface area contributed by atoms with Crippen LogP contribution in [-0.4, -0.2) is 33.0 Å². The van der Waals surface area contributed by atoms with Gasteiger partial charge in [-0.2, -0.15) is 13.2 Å². The van der Waals surface area contributed by atoms with Crippen molar-refractivity contribution in [3.8, 4) is 0 Å². The van der Waals surface area contributed by atoms with E-state index in [-0.39, 0.29) is 5.92 Å². The summed E-state index contributed by atoms with van der Waals surface area (Å²) >= 11 is 0. The van der Waals surface area contributed by atoms with Crippen LogP contribution in [0.5, 0.6) is 0 Å². The van der Waals surface area contributed by atoms with Crippen molar-refractivity contribution in [2.75, 3.05) is 13.2 Å². The number of esters is 1. The monoisotopic (exact) mass is 302 g/mol. The summed E-state index contributed by atoms with van der Waals surface area (Å²) in [5.74, 6) is -0.715. The molecule has 5 nitrogen and oxygen atoms in total. The van der Waals surface area contributed by atoms with Crippen molar-refractivity contribution in [2.45, 2.75) is 37.6 Å². The number of sulfonamides is 1. The number of alkyl halides is 3. The zero-order chi connectivity index (χ0) is 14.5. The SMILES string of the molecule is O=C(OCC[N-]S(=O)(=O)C(F)(F)F)C1CCCCC1. The molecule has 0 aromatic heterocycles. The van der Waals surface area contributed by atoms with Gasteiger partial charge in [0.25, 0.3) is 0 Å². The third-order valence-electron chi connectivity index (χ3n) is 2.83. The first kappa shape index (κ1) is 16.2. The summed E-state index contributed by atoms with van der Waals surface area (Å²) in [4.78, 5) is 11.5. The average molecular weight is 302 g/mol. The highest BCUT2D eigenvalue weighted by Crippen LogP contribution is 2.27. The van der Waals surface area contributed by atoms with Crippen molar-refractivity contribution in [3.63, 3.8) is 0 Å². The third kappa shape index (κ3) is 4.98. The maximum Gasteiger partial charge on any atom is 0.480 e. The van der Waals surface area contributed by atoms with Gasteiger partial charge < -0.3 is 9.46 Å². The van der Waals surface area contributed by atoms with Crippen LogP contribution in [0.25, 0.3) is 4.72 Å². The Bertz CT molecular complexity index is 401. The summed E-state index contributed by atoms with van der Waals surface area (Å²) in [7, 11) is -5.49. The van der Waals surface area contributed by atoms with Crippen LogP contribution >= 0.6 is 0 Å². The van der Waals surface area contributed by atoms with Crippen LogP contribution in [0.1, 0.15) is 32.1 Å². The zero-order valence-corrected chi connectivity index (χ0v) is 11.0. The average Bonchev–Trinajstić information content (AvgIpc) is 2.34. The first-order valence-corrected chi connectivity index (χ1v) is 7.35. The van der Waals surface area contributed by atoms with Crippen LogP contribution in [0.2, 0.25) is 0 Å². The van der Waals surface area contributed by atoms with Crippen LogP contribution in [0, 0.1) is 5.92 Å². The summed E-state index contributed by atoms with van der Waals surface area (Å²) in [6.45, 7) is -1.16. The van der Waals surface area contributed by atoms with Crippen molar-refractivity contribution in [1.82, 2.24) is 0 Å². The molecule has 0 heterocycles. The van der Waals surface area contributed by atoms with E-state index in [2.05, 4.69) is 4.72 Å². The Morgan fingerprint density at radius 2 is 1.79 bits per heavy atom. The summed E-state index contributed by atoms with van der Waals surface area (Å²) < 4.78 is 64.1. The van der Waals surface area contributed by atoms with Gasteiger partial charge in [-0.15, -0.1) is 6.54 Å². The number of hydrogen-bond acceptors (Lipinski definition) is 4. The molecule has 0 radical (unpaired) electrons. The molecule has 0 aliphatic heterocycles. The van der Waals surface area contributed by atoms with Gasteiger partial charge in [0.15, 0.2) is 10.0 Å². The highest BCUT2D eigenvalue weighted by Gasteiger charge is 2.38.